The van der Waals surface area contributed by atoms with Crippen molar-refractivity contribution >= 4 is 0 Å². The molecule has 2 aromatic rings. The highest BCUT2D eigenvalue weighted by Gasteiger charge is 2.28. The summed E-state index contributed by atoms with van der Waals surface area (Å²) in [5, 5.41) is 14.6. The first-order valence-corrected chi connectivity index (χ1v) is 7.73. The largest absolute Gasteiger partial charge is 0.467 e. The number of aliphatic hydroxyl groups is 1. The lowest BCUT2D eigenvalue weighted by Crippen LogP contribution is -2.30. The zero-order valence-corrected chi connectivity index (χ0v) is 12.5. The van der Waals surface area contributed by atoms with Crippen LogP contribution in [0.15, 0.2) is 35.2 Å². The van der Waals surface area contributed by atoms with E-state index in [1.807, 2.05) is 23.0 Å². The summed E-state index contributed by atoms with van der Waals surface area (Å²) in [5.41, 5.74) is 1.25. The fraction of sp³-hybridized carbons (Fsp3) is 0.562. The summed E-state index contributed by atoms with van der Waals surface area (Å²) >= 11 is 0. The van der Waals surface area contributed by atoms with Crippen molar-refractivity contribution < 1.29 is 9.52 Å². The number of hydrogen-bond acceptors (Lipinski definition) is 4. The summed E-state index contributed by atoms with van der Waals surface area (Å²) in [6, 6.07) is 4.08. The Bertz CT molecular complexity index is 550. The molecule has 2 atom stereocenters. The third-order valence-corrected chi connectivity index (χ3v) is 4.26. The zero-order chi connectivity index (χ0) is 14.7. The number of likely N-dealkylation sites (tertiary alicyclic amines) is 1. The van der Waals surface area contributed by atoms with Gasteiger partial charge < -0.3 is 9.52 Å². The average molecular weight is 289 g/mol. The van der Waals surface area contributed by atoms with Crippen LogP contribution in [0.25, 0.3) is 0 Å². The van der Waals surface area contributed by atoms with Gasteiger partial charge in [0.15, 0.2) is 0 Å². The van der Waals surface area contributed by atoms with E-state index in [4.69, 9.17) is 4.42 Å². The van der Waals surface area contributed by atoms with E-state index in [0.29, 0.717) is 11.8 Å². The lowest BCUT2D eigenvalue weighted by atomic mass is 10.0. The predicted molar refractivity (Wildman–Crippen MR) is 79.6 cm³/mol. The highest BCUT2D eigenvalue weighted by atomic mass is 16.4. The van der Waals surface area contributed by atoms with Crippen molar-refractivity contribution in [2.24, 2.45) is 0 Å². The minimum Gasteiger partial charge on any atom is -0.467 e. The molecule has 3 rings (SSSR count). The molecule has 0 saturated carbocycles. The summed E-state index contributed by atoms with van der Waals surface area (Å²) in [7, 11) is 0. The van der Waals surface area contributed by atoms with Gasteiger partial charge >= 0.3 is 0 Å². The van der Waals surface area contributed by atoms with Crippen molar-refractivity contribution in [2.75, 3.05) is 6.54 Å². The maximum Gasteiger partial charge on any atom is 0.132 e. The minimum atomic E-state index is -0.510. The maximum atomic E-state index is 10.3. The second-order valence-electron chi connectivity index (χ2n) is 5.74. The first-order valence-electron chi connectivity index (χ1n) is 7.73. The first-order chi connectivity index (χ1) is 10.3. The Balaban J connectivity index is 1.60. The number of hydrogen-bond donors (Lipinski definition) is 1. The molecule has 2 unspecified atom stereocenters. The molecule has 0 amide bonds. The first kappa shape index (κ1) is 14.4. The summed E-state index contributed by atoms with van der Waals surface area (Å²) in [4.78, 5) is 2.45. The molecule has 1 aliphatic rings. The van der Waals surface area contributed by atoms with Crippen molar-refractivity contribution in [3.8, 4) is 0 Å². The van der Waals surface area contributed by atoms with E-state index in [-0.39, 0.29) is 0 Å². The van der Waals surface area contributed by atoms with Crippen LogP contribution in [0.4, 0.5) is 0 Å². The van der Waals surface area contributed by atoms with Crippen molar-refractivity contribution in [1.82, 2.24) is 14.7 Å². The lowest BCUT2D eigenvalue weighted by molar-refractivity contribution is 0.0995. The molecule has 2 aromatic heterocycles. The van der Waals surface area contributed by atoms with Gasteiger partial charge in [-0.1, -0.05) is 0 Å². The van der Waals surface area contributed by atoms with Gasteiger partial charge in [0.05, 0.1) is 12.5 Å². The number of rotatable bonds is 6. The number of aromatic nitrogens is 2. The third-order valence-electron chi connectivity index (χ3n) is 4.26. The molecule has 5 nitrogen and oxygen atoms in total. The Hall–Kier alpha value is -1.59. The van der Waals surface area contributed by atoms with E-state index in [9.17, 15) is 5.11 Å². The minimum absolute atomic E-state index is 0.412. The van der Waals surface area contributed by atoms with E-state index in [1.54, 1.807) is 6.26 Å². The van der Waals surface area contributed by atoms with Crippen molar-refractivity contribution in [1.29, 1.82) is 0 Å². The fourth-order valence-electron chi connectivity index (χ4n) is 3.12. The molecule has 1 N–H and O–H groups in total. The summed E-state index contributed by atoms with van der Waals surface area (Å²) in [6.07, 6.45) is 8.22. The molecule has 21 heavy (non-hydrogen) atoms. The Labute approximate surface area is 125 Å². The van der Waals surface area contributed by atoms with Gasteiger partial charge in [-0.05, 0) is 44.9 Å². The van der Waals surface area contributed by atoms with Crippen LogP contribution in [0.1, 0.15) is 43.6 Å². The van der Waals surface area contributed by atoms with Gasteiger partial charge in [0.1, 0.15) is 11.9 Å². The van der Waals surface area contributed by atoms with Gasteiger partial charge in [0.25, 0.3) is 0 Å². The number of aryl methyl sites for hydroxylation is 1. The van der Waals surface area contributed by atoms with Gasteiger partial charge in [-0.15, -0.1) is 0 Å². The highest BCUT2D eigenvalue weighted by molar-refractivity contribution is 5.06. The third kappa shape index (κ3) is 3.36. The second kappa shape index (κ2) is 6.45. The summed E-state index contributed by atoms with van der Waals surface area (Å²) in [5.74, 6) is 0.667. The van der Waals surface area contributed by atoms with Crippen molar-refractivity contribution in [2.45, 2.75) is 51.4 Å². The van der Waals surface area contributed by atoms with E-state index in [1.165, 1.54) is 12.0 Å². The smallest absolute Gasteiger partial charge is 0.132 e. The molecule has 0 aliphatic carbocycles. The molecule has 0 radical (unpaired) electrons. The molecule has 114 valence electrons. The predicted octanol–water partition coefficient (Wildman–Crippen LogP) is 2.58. The molecule has 0 aromatic carbocycles. The van der Waals surface area contributed by atoms with Crippen molar-refractivity contribution in [3.63, 3.8) is 0 Å². The summed E-state index contributed by atoms with van der Waals surface area (Å²) in [6.45, 7) is 5.00. The van der Waals surface area contributed by atoms with Crippen LogP contribution < -0.4 is 0 Å². The quantitative estimate of drug-likeness (QED) is 0.888. The maximum absolute atomic E-state index is 10.3. The van der Waals surface area contributed by atoms with Gasteiger partial charge in [0.2, 0.25) is 0 Å². The van der Waals surface area contributed by atoms with Crippen LogP contribution in [0.5, 0.6) is 0 Å². The normalized spacial score (nSPS) is 21.0. The number of furan rings is 1. The fourth-order valence-corrected chi connectivity index (χ4v) is 3.12. The van der Waals surface area contributed by atoms with Crippen molar-refractivity contribution in [3.05, 3.63) is 42.1 Å². The molecule has 1 aliphatic heterocycles. The number of nitrogens with zero attached hydrogens (tertiary/aromatic N) is 3. The van der Waals surface area contributed by atoms with Crippen LogP contribution in [-0.4, -0.2) is 32.4 Å². The molecule has 5 heteroatoms. The molecule has 3 heterocycles. The Kier molecular flexibility index (Phi) is 4.41. The average Bonchev–Trinajstić information content (AvgIpc) is 3.21. The Morgan fingerprint density at radius 2 is 2.43 bits per heavy atom. The van der Waals surface area contributed by atoms with E-state index in [2.05, 4.69) is 23.1 Å². The zero-order valence-electron chi connectivity index (χ0n) is 12.5. The van der Waals surface area contributed by atoms with Gasteiger partial charge in [-0.25, -0.2) is 0 Å². The van der Waals surface area contributed by atoms with Crippen LogP contribution in [0.3, 0.4) is 0 Å². The Morgan fingerprint density at radius 3 is 3.14 bits per heavy atom. The highest BCUT2D eigenvalue weighted by Crippen LogP contribution is 2.28. The molecule has 0 spiro atoms. The van der Waals surface area contributed by atoms with Gasteiger partial charge in [0, 0.05) is 30.9 Å². The molecule has 1 fully saturated rings. The van der Waals surface area contributed by atoms with E-state index < -0.39 is 6.10 Å². The molecular weight excluding hydrogens is 266 g/mol. The van der Waals surface area contributed by atoms with Crippen LogP contribution in [0, 0.1) is 0 Å². The lowest BCUT2D eigenvalue weighted by Gasteiger charge is -2.25. The van der Waals surface area contributed by atoms with Crippen LogP contribution in [-0.2, 0) is 13.1 Å². The monoisotopic (exact) mass is 289 g/mol. The van der Waals surface area contributed by atoms with E-state index in [0.717, 1.165) is 32.5 Å². The van der Waals surface area contributed by atoms with Gasteiger partial charge in [-0.2, -0.15) is 5.10 Å². The van der Waals surface area contributed by atoms with E-state index >= 15 is 0 Å². The van der Waals surface area contributed by atoms with Gasteiger partial charge in [-0.3, -0.25) is 9.58 Å². The standard InChI is InChI=1S/C16H23N3O2/c1-2-19-12-13(10-17-19)11-18-7-3-5-14(18)9-15(20)16-6-4-8-21-16/h4,6,8,10,12,14-15,20H,2-3,5,7,9,11H2,1H3. The second-order valence-corrected chi connectivity index (χ2v) is 5.74. The SMILES string of the molecule is CCn1cc(CN2CCCC2CC(O)c2ccco2)cn1. The Morgan fingerprint density at radius 1 is 1.52 bits per heavy atom. The van der Waals surface area contributed by atoms with Crippen LogP contribution in [0.2, 0.25) is 0 Å². The molecule has 1 saturated heterocycles. The molecular formula is C16H23N3O2. The molecule has 0 bridgehead atoms. The van der Waals surface area contributed by atoms with Crippen LogP contribution >= 0.6 is 0 Å². The topological polar surface area (TPSA) is 54.4 Å². The summed E-state index contributed by atoms with van der Waals surface area (Å²) < 4.78 is 7.25. The number of aliphatic hydroxyl groups excluding tert-OH is 1.